The topological polar surface area (TPSA) is 37.3 Å². The van der Waals surface area contributed by atoms with Gasteiger partial charge in [0, 0.05) is 0 Å². The highest BCUT2D eigenvalue weighted by atomic mass is 16.3. The van der Waals surface area contributed by atoms with Gasteiger partial charge in [0.25, 0.3) is 0 Å². The van der Waals surface area contributed by atoms with E-state index >= 15 is 0 Å². The Kier molecular flexibility index (Phi) is 3.66. The van der Waals surface area contributed by atoms with Crippen molar-refractivity contribution in [1.82, 2.24) is 0 Å². The molecule has 0 aromatic rings. The van der Waals surface area contributed by atoms with Gasteiger partial charge in [0.2, 0.25) is 0 Å². The number of ketones is 1. The van der Waals surface area contributed by atoms with E-state index < -0.39 is 0 Å². The van der Waals surface area contributed by atoms with E-state index in [4.69, 9.17) is 0 Å². The largest absolute Gasteiger partial charge is 0.393 e. The first kappa shape index (κ1) is 16.6. The van der Waals surface area contributed by atoms with E-state index in [1.807, 2.05) is 0 Å². The van der Waals surface area contributed by atoms with E-state index in [-0.39, 0.29) is 16.9 Å². The van der Waals surface area contributed by atoms with Crippen molar-refractivity contribution in [3.05, 3.63) is 22.8 Å². The Morgan fingerprint density at radius 3 is 2.54 bits per heavy atom. The van der Waals surface area contributed by atoms with Crippen LogP contribution < -0.4 is 0 Å². The van der Waals surface area contributed by atoms with Crippen LogP contribution in [-0.2, 0) is 4.79 Å². The summed E-state index contributed by atoms with van der Waals surface area (Å²) in [5, 5.41) is 10.1. The fourth-order valence-corrected chi connectivity index (χ4v) is 7.27. The van der Waals surface area contributed by atoms with Gasteiger partial charge in [0.15, 0.2) is 5.78 Å². The van der Waals surface area contributed by atoms with Crippen LogP contribution in [0.5, 0.6) is 0 Å². The van der Waals surface area contributed by atoms with Gasteiger partial charge in [0.1, 0.15) is 0 Å². The maximum absolute atomic E-state index is 12.3. The van der Waals surface area contributed by atoms with Gasteiger partial charge in [-0.3, -0.25) is 4.79 Å². The summed E-state index contributed by atoms with van der Waals surface area (Å²) in [6.07, 6.45) is 9.99. The monoisotopic (exact) mass is 328 g/mol. The van der Waals surface area contributed by atoms with Crippen LogP contribution in [0.2, 0.25) is 0 Å². The van der Waals surface area contributed by atoms with Crippen LogP contribution in [0.1, 0.15) is 72.6 Å². The van der Waals surface area contributed by atoms with Crippen LogP contribution in [0.25, 0.3) is 0 Å². The predicted octanol–water partition coefficient (Wildman–Crippen LogP) is 4.83. The normalized spacial score (nSPS) is 47.6. The number of allylic oxidation sites excluding steroid dienone is 3. The summed E-state index contributed by atoms with van der Waals surface area (Å²) in [5.74, 6) is 2.38. The summed E-state index contributed by atoms with van der Waals surface area (Å²) in [4.78, 5) is 12.3. The number of fused-ring (bicyclic) bond motifs is 5. The lowest BCUT2D eigenvalue weighted by molar-refractivity contribution is -0.115. The molecule has 0 unspecified atom stereocenters. The van der Waals surface area contributed by atoms with Gasteiger partial charge in [-0.05, 0) is 93.0 Å². The molecular weight excluding hydrogens is 296 g/mol. The highest BCUT2D eigenvalue weighted by molar-refractivity contribution is 5.96. The fraction of sp³-hybridized carbons (Fsp3) is 0.773. The van der Waals surface area contributed by atoms with Crippen molar-refractivity contribution in [3.63, 3.8) is 0 Å². The first-order valence-electron chi connectivity index (χ1n) is 9.86. The van der Waals surface area contributed by atoms with Gasteiger partial charge in [-0.2, -0.15) is 0 Å². The number of carbonyl (C=O) groups is 1. The minimum absolute atomic E-state index is 0.104. The van der Waals surface area contributed by atoms with Crippen LogP contribution in [0.3, 0.4) is 0 Å². The lowest BCUT2D eigenvalue weighted by Crippen LogP contribution is -2.50. The molecule has 4 rings (SSSR count). The maximum Gasteiger partial charge on any atom is 0.156 e. The summed E-state index contributed by atoms with van der Waals surface area (Å²) in [6.45, 7) is 8.79. The molecule has 0 spiro atoms. The molecule has 4 aliphatic carbocycles. The summed E-state index contributed by atoms with van der Waals surface area (Å²) < 4.78 is 0. The third-order valence-electron chi connectivity index (χ3n) is 8.34. The second-order valence-corrected chi connectivity index (χ2v) is 9.53. The first-order valence-corrected chi connectivity index (χ1v) is 9.86. The van der Waals surface area contributed by atoms with Gasteiger partial charge in [0.05, 0.1) is 6.10 Å². The SMILES string of the molecule is CC(=O)C1=C(C)C[C@H]2[C@@H]3CC=C4C[C@H](O)CC[C@]4(C)[C@@H]3CC[C@@]12C. The van der Waals surface area contributed by atoms with Gasteiger partial charge in [-0.15, -0.1) is 0 Å². The second kappa shape index (κ2) is 5.30. The Hall–Kier alpha value is -0.890. The molecule has 1 N–H and O–H groups in total. The zero-order valence-electron chi connectivity index (χ0n) is 15.7. The molecule has 0 bridgehead atoms. The van der Waals surface area contributed by atoms with Gasteiger partial charge in [-0.1, -0.05) is 31.1 Å². The Morgan fingerprint density at radius 1 is 1.12 bits per heavy atom. The molecule has 2 nitrogen and oxygen atoms in total. The molecule has 0 amide bonds. The molecule has 0 aromatic heterocycles. The average Bonchev–Trinajstić information content (AvgIpc) is 2.78. The van der Waals surface area contributed by atoms with Crippen LogP contribution in [0.15, 0.2) is 22.8 Å². The highest BCUT2D eigenvalue weighted by Gasteiger charge is 2.58. The predicted molar refractivity (Wildman–Crippen MR) is 96.5 cm³/mol. The molecule has 24 heavy (non-hydrogen) atoms. The Bertz CT molecular complexity index is 642. The second-order valence-electron chi connectivity index (χ2n) is 9.53. The lowest BCUT2D eigenvalue weighted by Gasteiger charge is -2.57. The molecular formula is C22H32O2. The minimum atomic E-state index is -0.130. The third-order valence-corrected chi connectivity index (χ3v) is 8.34. The van der Waals surface area contributed by atoms with E-state index in [1.54, 1.807) is 6.92 Å². The summed E-state index contributed by atoms with van der Waals surface area (Å²) in [6, 6.07) is 0. The van der Waals surface area contributed by atoms with Crippen LogP contribution in [0.4, 0.5) is 0 Å². The van der Waals surface area contributed by atoms with Gasteiger partial charge < -0.3 is 5.11 Å². The van der Waals surface area contributed by atoms with E-state index in [1.165, 1.54) is 17.6 Å². The van der Waals surface area contributed by atoms with E-state index in [9.17, 15) is 9.90 Å². The Balaban J connectivity index is 1.70. The molecule has 2 heteroatoms. The third kappa shape index (κ3) is 2.08. The minimum Gasteiger partial charge on any atom is -0.393 e. The van der Waals surface area contributed by atoms with Crippen molar-refractivity contribution in [2.45, 2.75) is 78.7 Å². The molecule has 0 saturated heterocycles. The van der Waals surface area contributed by atoms with Crippen molar-refractivity contribution in [2.75, 3.05) is 0 Å². The molecule has 132 valence electrons. The molecule has 0 radical (unpaired) electrons. The summed E-state index contributed by atoms with van der Waals surface area (Å²) >= 11 is 0. The number of carbonyl (C=O) groups excluding carboxylic acids is 1. The number of aliphatic hydroxyl groups excluding tert-OH is 1. The van der Waals surface area contributed by atoms with Crippen molar-refractivity contribution in [3.8, 4) is 0 Å². The van der Waals surface area contributed by atoms with Gasteiger partial charge in [-0.25, -0.2) is 0 Å². The molecule has 0 heterocycles. The van der Waals surface area contributed by atoms with E-state index in [0.717, 1.165) is 50.0 Å². The number of rotatable bonds is 1. The number of hydrogen-bond acceptors (Lipinski definition) is 2. The zero-order chi connectivity index (χ0) is 17.3. The Labute approximate surface area is 146 Å². The Morgan fingerprint density at radius 2 is 1.83 bits per heavy atom. The fourth-order valence-electron chi connectivity index (χ4n) is 7.27. The highest BCUT2D eigenvalue weighted by Crippen LogP contribution is 2.65. The summed E-state index contributed by atoms with van der Waals surface area (Å²) in [7, 11) is 0. The van der Waals surface area contributed by atoms with E-state index in [2.05, 4.69) is 26.8 Å². The van der Waals surface area contributed by atoms with Crippen molar-refractivity contribution in [2.24, 2.45) is 28.6 Å². The van der Waals surface area contributed by atoms with Crippen molar-refractivity contribution >= 4 is 5.78 Å². The number of Topliss-reactive ketones (excluding diaryl/α,β-unsaturated/α-hetero) is 1. The van der Waals surface area contributed by atoms with Crippen molar-refractivity contribution < 1.29 is 9.90 Å². The standard InChI is InChI=1S/C22H32O2/c1-13-11-19-17-6-5-15-12-16(24)7-9-21(15,3)18(17)8-10-22(19,4)20(13)14(2)23/h5,16-19,24H,6-12H2,1-4H3/t16-,17-,18-,19+,21+,22-/m1/s1. The average molecular weight is 328 g/mol. The smallest absolute Gasteiger partial charge is 0.156 e. The number of aliphatic hydroxyl groups is 1. The molecule has 6 atom stereocenters. The lowest BCUT2D eigenvalue weighted by atomic mass is 9.47. The zero-order valence-corrected chi connectivity index (χ0v) is 15.7. The van der Waals surface area contributed by atoms with Crippen LogP contribution >= 0.6 is 0 Å². The van der Waals surface area contributed by atoms with E-state index in [0.29, 0.717) is 17.6 Å². The number of hydrogen-bond donors (Lipinski definition) is 1. The van der Waals surface area contributed by atoms with Crippen molar-refractivity contribution in [1.29, 1.82) is 0 Å². The van der Waals surface area contributed by atoms with Gasteiger partial charge >= 0.3 is 0 Å². The molecule has 0 aliphatic heterocycles. The molecule has 2 saturated carbocycles. The van der Waals surface area contributed by atoms with Crippen LogP contribution in [0, 0.1) is 28.6 Å². The molecule has 0 aromatic carbocycles. The molecule has 4 aliphatic rings. The summed E-state index contributed by atoms with van der Waals surface area (Å²) in [5.41, 5.74) is 4.43. The first-order chi connectivity index (χ1) is 11.3. The maximum atomic E-state index is 12.3. The molecule has 2 fully saturated rings. The van der Waals surface area contributed by atoms with Crippen LogP contribution in [-0.4, -0.2) is 17.0 Å². The quantitative estimate of drug-likeness (QED) is 0.700.